The summed E-state index contributed by atoms with van der Waals surface area (Å²) in [5.41, 5.74) is 4.88. The Morgan fingerprint density at radius 1 is 1.44 bits per heavy atom. The van der Waals surface area contributed by atoms with Crippen LogP contribution in [-0.2, 0) is 0 Å². The molecular formula is C14H18ClF2N3O5. The van der Waals surface area contributed by atoms with Crippen molar-refractivity contribution in [1.82, 2.24) is 5.32 Å². The zero-order valence-corrected chi connectivity index (χ0v) is 14.1. The predicted octanol–water partition coefficient (Wildman–Crippen LogP) is 2.09. The highest BCUT2D eigenvalue weighted by Crippen LogP contribution is 2.36. The molecule has 25 heavy (non-hydrogen) atoms. The van der Waals surface area contributed by atoms with Gasteiger partial charge in [0.15, 0.2) is 11.5 Å². The molecule has 0 bridgehead atoms. The van der Waals surface area contributed by atoms with Crippen LogP contribution in [0.3, 0.4) is 0 Å². The summed E-state index contributed by atoms with van der Waals surface area (Å²) in [4.78, 5) is 22.5. The number of methoxy groups -OCH3 is 1. The summed E-state index contributed by atoms with van der Waals surface area (Å²) in [6.45, 7) is -3.02. The highest BCUT2D eigenvalue weighted by atomic mass is 35.5. The van der Waals surface area contributed by atoms with Gasteiger partial charge in [0.2, 0.25) is 0 Å². The van der Waals surface area contributed by atoms with Gasteiger partial charge in [-0.3, -0.25) is 14.9 Å². The minimum atomic E-state index is -3.19. The molecule has 0 aliphatic heterocycles. The zero-order chi connectivity index (χ0) is 17.9. The average Bonchev–Trinajstić information content (AvgIpc) is 3.36. The summed E-state index contributed by atoms with van der Waals surface area (Å²) in [7, 11) is 1.17. The van der Waals surface area contributed by atoms with E-state index in [0.717, 1.165) is 25.0 Å². The van der Waals surface area contributed by atoms with Gasteiger partial charge in [0.1, 0.15) is 5.56 Å². The molecule has 2 rings (SSSR count). The van der Waals surface area contributed by atoms with Gasteiger partial charge in [-0.05, 0) is 18.8 Å². The van der Waals surface area contributed by atoms with Crippen LogP contribution in [0.1, 0.15) is 23.2 Å². The smallest absolute Gasteiger partial charge is 0.387 e. The summed E-state index contributed by atoms with van der Waals surface area (Å²) >= 11 is 0. The Hall–Kier alpha value is -2.20. The quantitative estimate of drug-likeness (QED) is 0.526. The number of carbonyl (C=O) groups excluding carboxylic acids is 1. The van der Waals surface area contributed by atoms with Crippen molar-refractivity contribution in [1.29, 1.82) is 0 Å². The van der Waals surface area contributed by atoms with Gasteiger partial charge in [0.05, 0.1) is 18.1 Å². The topological polar surface area (TPSA) is 117 Å². The third kappa shape index (κ3) is 5.40. The molecule has 0 aromatic heterocycles. The van der Waals surface area contributed by atoms with Gasteiger partial charge in [-0.15, -0.1) is 12.4 Å². The third-order valence-corrected chi connectivity index (χ3v) is 3.67. The lowest BCUT2D eigenvalue weighted by atomic mass is 10.1. The first-order valence-electron chi connectivity index (χ1n) is 7.18. The molecule has 1 saturated carbocycles. The number of amides is 1. The second kappa shape index (κ2) is 8.77. The number of nitrogens with zero attached hydrogens (tertiary/aromatic N) is 1. The lowest BCUT2D eigenvalue weighted by Crippen LogP contribution is -2.38. The summed E-state index contributed by atoms with van der Waals surface area (Å²) in [5, 5.41) is 13.7. The van der Waals surface area contributed by atoms with E-state index in [1.807, 2.05) is 0 Å². The van der Waals surface area contributed by atoms with E-state index in [4.69, 9.17) is 10.5 Å². The van der Waals surface area contributed by atoms with E-state index in [1.54, 1.807) is 0 Å². The van der Waals surface area contributed by atoms with E-state index in [-0.39, 0.29) is 36.3 Å². The molecule has 0 saturated heterocycles. The number of benzene rings is 1. The highest BCUT2D eigenvalue weighted by molar-refractivity contribution is 5.99. The maximum absolute atomic E-state index is 12.4. The maximum atomic E-state index is 12.4. The van der Waals surface area contributed by atoms with Crippen LogP contribution in [0.25, 0.3) is 0 Å². The van der Waals surface area contributed by atoms with Crippen LogP contribution in [0.4, 0.5) is 14.5 Å². The van der Waals surface area contributed by atoms with Gasteiger partial charge >= 0.3 is 6.61 Å². The van der Waals surface area contributed by atoms with Crippen molar-refractivity contribution in [3.8, 4) is 11.5 Å². The standard InChI is InChI=1S/C14H17F2N3O5.ClH/c1-23-11-4-8(13(20)18-6-9(17)7-2-3-7)10(19(21)22)5-12(11)24-14(15)16;/h4-5,7,9,14H,2-3,6,17H2,1H3,(H,18,20);1H. The monoisotopic (exact) mass is 381 g/mol. The van der Waals surface area contributed by atoms with Crippen LogP contribution in [-0.4, -0.2) is 37.1 Å². The first kappa shape index (κ1) is 20.8. The molecule has 11 heteroatoms. The molecular weight excluding hydrogens is 364 g/mol. The molecule has 1 amide bonds. The summed E-state index contributed by atoms with van der Waals surface area (Å²) < 4.78 is 33.8. The number of nitro groups is 1. The molecule has 3 N–H and O–H groups in total. The number of hydrogen-bond donors (Lipinski definition) is 2. The first-order valence-corrected chi connectivity index (χ1v) is 7.18. The van der Waals surface area contributed by atoms with Crippen molar-refractivity contribution in [2.75, 3.05) is 13.7 Å². The van der Waals surface area contributed by atoms with Crippen LogP contribution in [0, 0.1) is 16.0 Å². The van der Waals surface area contributed by atoms with Crippen molar-refractivity contribution in [2.45, 2.75) is 25.5 Å². The second-order valence-corrected chi connectivity index (χ2v) is 5.37. The Morgan fingerprint density at radius 2 is 2.08 bits per heavy atom. The first-order chi connectivity index (χ1) is 11.3. The molecule has 8 nitrogen and oxygen atoms in total. The van der Waals surface area contributed by atoms with Gasteiger partial charge in [0, 0.05) is 18.7 Å². The minimum absolute atomic E-state index is 0. The van der Waals surface area contributed by atoms with E-state index in [0.29, 0.717) is 5.92 Å². The van der Waals surface area contributed by atoms with Gasteiger partial charge < -0.3 is 20.5 Å². The van der Waals surface area contributed by atoms with E-state index >= 15 is 0 Å². The van der Waals surface area contributed by atoms with Crippen LogP contribution < -0.4 is 20.5 Å². The van der Waals surface area contributed by atoms with Crippen LogP contribution in [0.2, 0.25) is 0 Å². The molecule has 140 valence electrons. The van der Waals surface area contributed by atoms with E-state index in [2.05, 4.69) is 10.1 Å². The lowest BCUT2D eigenvalue weighted by molar-refractivity contribution is -0.385. The number of rotatable bonds is 8. The molecule has 1 aliphatic carbocycles. The number of nitrogens with two attached hydrogens (primary N) is 1. The van der Waals surface area contributed by atoms with Crippen molar-refractivity contribution < 1.29 is 28.0 Å². The van der Waals surface area contributed by atoms with Crippen molar-refractivity contribution >= 4 is 24.0 Å². The van der Waals surface area contributed by atoms with Crippen LogP contribution in [0.15, 0.2) is 12.1 Å². The maximum Gasteiger partial charge on any atom is 0.387 e. The third-order valence-electron chi connectivity index (χ3n) is 3.67. The van der Waals surface area contributed by atoms with Crippen LogP contribution in [0.5, 0.6) is 11.5 Å². The van der Waals surface area contributed by atoms with Crippen molar-refractivity contribution in [3.63, 3.8) is 0 Å². The molecule has 1 aromatic rings. The zero-order valence-electron chi connectivity index (χ0n) is 13.2. The molecule has 0 spiro atoms. The average molecular weight is 382 g/mol. The van der Waals surface area contributed by atoms with E-state index < -0.39 is 28.9 Å². The highest BCUT2D eigenvalue weighted by Gasteiger charge is 2.30. The Morgan fingerprint density at radius 3 is 2.56 bits per heavy atom. The number of nitrogens with one attached hydrogen (secondary N) is 1. The lowest BCUT2D eigenvalue weighted by Gasteiger charge is -2.14. The Bertz CT molecular complexity index is 643. The predicted molar refractivity (Wildman–Crippen MR) is 86.6 cm³/mol. The number of carbonyl (C=O) groups is 1. The molecule has 1 aliphatic rings. The van der Waals surface area contributed by atoms with Gasteiger partial charge in [-0.1, -0.05) is 0 Å². The number of alkyl halides is 2. The SMILES string of the molecule is COc1cc(C(=O)NCC(N)C2CC2)c([N+](=O)[O-])cc1OC(F)F.Cl. The molecule has 1 fully saturated rings. The summed E-state index contributed by atoms with van der Waals surface area (Å²) in [6, 6.07) is 1.51. The second-order valence-electron chi connectivity index (χ2n) is 5.37. The normalized spacial score (nSPS) is 14.4. The Balaban J connectivity index is 0.00000312. The number of ether oxygens (including phenoxy) is 2. The fraction of sp³-hybridized carbons (Fsp3) is 0.500. The number of halogens is 3. The fourth-order valence-corrected chi connectivity index (χ4v) is 2.23. The number of hydrogen-bond acceptors (Lipinski definition) is 6. The van der Waals surface area contributed by atoms with Crippen molar-refractivity contribution in [3.05, 3.63) is 27.8 Å². The van der Waals surface area contributed by atoms with Crippen molar-refractivity contribution in [2.24, 2.45) is 11.7 Å². The van der Waals surface area contributed by atoms with Crippen LogP contribution >= 0.6 is 12.4 Å². The van der Waals surface area contributed by atoms with E-state index in [1.165, 1.54) is 7.11 Å². The fourth-order valence-electron chi connectivity index (χ4n) is 2.23. The molecule has 1 unspecified atom stereocenters. The molecule has 0 radical (unpaired) electrons. The number of nitro benzene ring substituents is 1. The molecule has 0 heterocycles. The van der Waals surface area contributed by atoms with Gasteiger partial charge in [0.25, 0.3) is 11.6 Å². The minimum Gasteiger partial charge on any atom is -0.493 e. The largest absolute Gasteiger partial charge is 0.493 e. The Kier molecular flexibility index (Phi) is 7.31. The molecule has 1 aromatic carbocycles. The van der Waals surface area contributed by atoms with Gasteiger partial charge in [-0.25, -0.2) is 0 Å². The molecule has 1 atom stereocenters. The van der Waals surface area contributed by atoms with E-state index in [9.17, 15) is 23.7 Å². The van der Waals surface area contributed by atoms with Gasteiger partial charge in [-0.2, -0.15) is 8.78 Å². The summed E-state index contributed by atoms with van der Waals surface area (Å²) in [5.74, 6) is -1.13. The Labute approximate surface area is 148 Å². The summed E-state index contributed by atoms with van der Waals surface area (Å²) in [6.07, 6.45) is 1.98.